The van der Waals surface area contributed by atoms with Gasteiger partial charge in [0.15, 0.2) is 0 Å². The van der Waals surface area contributed by atoms with Gasteiger partial charge in [-0.15, -0.1) is 0 Å². The zero-order valence-electron chi connectivity index (χ0n) is 26.8. The molecule has 0 saturated carbocycles. The van der Waals surface area contributed by atoms with Gasteiger partial charge in [0.25, 0.3) is 0 Å². The number of nitrogens with zero attached hydrogens (tertiary/aromatic N) is 4. The van der Waals surface area contributed by atoms with Gasteiger partial charge in [-0.05, 0) is 82.1 Å². The van der Waals surface area contributed by atoms with E-state index in [0.29, 0.717) is 11.4 Å². The summed E-state index contributed by atoms with van der Waals surface area (Å²) in [4.78, 5) is 14.9. The second-order valence-electron chi connectivity index (χ2n) is 12.9. The summed E-state index contributed by atoms with van der Waals surface area (Å²) in [5.74, 6) is 0.955. The number of benzene rings is 4. The smallest absolute Gasteiger partial charge is 0.144 e. The van der Waals surface area contributed by atoms with Gasteiger partial charge in [0.1, 0.15) is 17.1 Å². The predicted molar refractivity (Wildman–Crippen MR) is 189 cm³/mol. The number of hydrogen-bond acceptors (Lipinski definition) is 4. The van der Waals surface area contributed by atoms with Crippen LogP contribution < -0.4 is 0 Å². The molecular formula is C41H36N4O. The van der Waals surface area contributed by atoms with Gasteiger partial charge in [0.05, 0.1) is 22.5 Å². The Morgan fingerprint density at radius 2 is 1.33 bits per heavy atom. The Labute approximate surface area is 269 Å². The van der Waals surface area contributed by atoms with Crippen molar-refractivity contribution >= 4 is 11.0 Å². The summed E-state index contributed by atoms with van der Waals surface area (Å²) < 4.78 is 2.04. The van der Waals surface area contributed by atoms with Crippen molar-refractivity contribution in [2.24, 2.45) is 7.05 Å². The fourth-order valence-electron chi connectivity index (χ4n) is 6.22. The highest BCUT2D eigenvalue weighted by Gasteiger charge is 2.24. The lowest BCUT2D eigenvalue weighted by molar-refractivity contribution is 0.448. The van der Waals surface area contributed by atoms with Gasteiger partial charge < -0.3 is 9.67 Å². The SMILES string of the molecule is Cc1cnc(-c2cc(-c3ccccc3)cc(-c3nccc4c3nc(-c3cccc(C(C)(C)C)c3O)n4C)c2)cc1-c1ccccc1. The largest absolute Gasteiger partial charge is 0.507 e. The molecule has 5 heteroatoms. The Kier molecular flexibility index (Phi) is 7.25. The average molecular weight is 601 g/mol. The molecule has 0 unspecified atom stereocenters. The van der Waals surface area contributed by atoms with Crippen LogP contribution in [-0.2, 0) is 12.5 Å². The van der Waals surface area contributed by atoms with Crippen LogP contribution in [0.4, 0.5) is 0 Å². The van der Waals surface area contributed by atoms with Crippen molar-refractivity contribution < 1.29 is 5.11 Å². The highest BCUT2D eigenvalue weighted by atomic mass is 16.3. The van der Waals surface area contributed by atoms with Crippen molar-refractivity contribution in [2.45, 2.75) is 33.1 Å². The number of hydrogen-bond donors (Lipinski definition) is 1. The Morgan fingerprint density at radius 3 is 2.04 bits per heavy atom. The first kappa shape index (κ1) is 29.2. The molecule has 3 heterocycles. The molecule has 7 rings (SSSR count). The summed E-state index contributed by atoms with van der Waals surface area (Å²) in [6.07, 6.45) is 3.79. The topological polar surface area (TPSA) is 63.8 Å². The summed E-state index contributed by atoms with van der Waals surface area (Å²) in [6.45, 7) is 8.41. The molecule has 0 fully saturated rings. The fraction of sp³-hybridized carbons (Fsp3) is 0.146. The molecule has 0 aliphatic heterocycles. The Balaban J connectivity index is 1.43. The van der Waals surface area contributed by atoms with E-state index in [9.17, 15) is 5.11 Å². The molecule has 46 heavy (non-hydrogen) atoms. The molecule has 0 bridgehead atoms. The highest BCUT2D eigenvalue weighted by Crippen LogP contribution is 2.40. The van der Waals surface area contributed by atoms with E-state index in [4.69, 9.17) is 15.0 Å². The second kappa shape index (κ2) is 11.4. The highest BCUT2D eigenvalue weighted by molar-refractivity contribution is 5.94. The monoisotopic (exact) mass is 600 g/mol. The van der Waals surface area contributed by atoms with Gasteiger partial charge >= 0.3 is 0 Å². The molecule has 3 aromatic heterocycles. The van der Waals surface area contributed by atoms with E-state index < -0.39 is 0 Å². The van der Waals surface area contributed by atoms with E-state index in [1.54, 1.807) is 0 Å². The van der Waals surface area contributed by atoms with Crippen molar-refractivity contribution in [3.63, 3.8) is 0 Å². The Bertz CT molecular complexity index is 2210. The minimum Gasteiger partial charge on any atom is -0.507 e. The number of fused-ring (bicyclic) bond motifs is 1. The van der Waals surface area contributed by atoms with Crippen molar-refractivity contribution in [3.8, 4) is 61.9 Å². The van der Waals surface area contributed by atoms with Crippen LogP contribution in [0.15, 0.2) is 122 Å². The zero-order chi connectivity index (χ0) is 32.0. The van der Waals surface area contributed by atoms with Crippen LogP contribution in [0.3, 0.4) is 0 Å². The first-order chi connectivity index (χ1) is 22.2. The van der Waals surface area contributed by atoms with Crippen LogP contribution in [0.25, 0.3) is 67.2 Å². The first-order valence-corrected chi connectivity index (χ1v) is 15.6. The summed E-state index contributed by atoms with van der Waals surface area (Å²) in [7, 11) is 1.99. The van der Waals surface area contributed by atoms with Crippen LogP contribution in [0.2, 0.25) is 0 Å². The molecule has 0 spiro atoms. The van der Waals surface area contributed by atoms with Crippen LogP contribution in [0.1, 0.15) is 31.9 Å². The van der Waals surface area contributed by atoms with E-state index >= 15 is 0 Å². The van der Waals surface area contributed by atoms with Crippen molar-refractivity contribution in [1.82, 2.24) is 19.5 Å². The summed E-state index contributed by atoms with van der Waals surface area (Å²) in [5, 5.41) is 11.4. The lowest BCUT2D eigenvalue weighted by Gasteiger charge is -2.21. The third kappa shape index (κ3) is 5.24. The summed E-state index contributed by atoms with van der Waals surface area (Å²) in [6, 6.07) is 37.4. The molecule has 4 aromatic carbocycles. The maximum Gasteiger partial charge on any atom is 0.144 e. The lowest BCUT2D eigenvalue weighted by Crippen LogP contribution is -2.11. The first-order valence-electron chi connectivity index (χ1n) is 15.6. The third-order valence-corrected chi connectivity index (χ3v) is 8.68. The van der Waals surface area contributed by atoms with Crippen LogP contribution in [0, 0.1) is 6.92 Å². The molecule has 0 aliphatic carbocycles. The van der Waals surface area contributed by atoms with Gasteiger partial charge in [-0.25, -0.2) is 4.98 Å². The van der Waals surface area contributed by atoms with E-state index in [1.807, 2.05) is 60.4 Å². The number of aromatic hydroxyl groups is 1. The normalized spacial score (nSPS) is 11.7. The molecule has 0 saturated heterocycles. The molecule has 0 aliphatic rings. The fourth-order valence-corrected chi connectivity index (χ4v) is 6.22. The second-order valence-corrected chi connectivity index (χ2v) is 12.9. The number of phenols is 1. The zero-order valence-corrected chi connectivity index (χ0v) is 26.8. The van der Waals surface area contributed by atoms with Gasteiger partial charge in [0.2, 0.25) is 0 Å². The molecule has 0 amide bonds. The molecule has 226 valence electrons. The van der Waals surface area contributed by atoms with E-state index in [0.717, 1.165) is 66.9 Å². The number of aromatic nitrogens is 4. The number of para-hydroxylation sites is 1. The van der Waals surface area contributed by atoms with E-state index in [1.165, 1.54) is 0 Å². The van der Waals surface area contributed by atoms with Crippen molar-refractivity contribution in [3.05, 3.63) is 133 Å². The lowest BCUT2D eigenvalue weighted by atomic mass is 9.85. The number of pyridine rings is 2. The molecule has 1 N–H and O–H groups in total. The molecular weight excluding hydrogens is 564 g/mol. The number of rotatable bonds is 5. The standard InChI is InChI=1S/C41H36N4O/c1-26-25-43-35(24-33(26)28-15-10-7-11-16-28)30-21-29(27-13-8-6-9-14-27)22-31(23-30)37-38-36(19-20-42-37)45(5)40(44-38)32-17-12-18-34(39(32)46)41(2,3)4/h6-25,46H,1-5H3. The van der Waals surface area contributed by atoms with Crippen LogP contribution in [-0.4, -0.2) is 24.6 Å². The minimum atomic E-state index is -0.212. The van der Waals surface area contributed by atoms with E-state index in [2.05, 4.69) is 100 Å². The van der Waals surface area contributed by atoms with Crippen LogP contribution in [0.5, 0.6) is 5.75 Å². The average Bonchev–Trinajstić information content (AvgIpc) is 3.41. The minimum absolute atomic E-state index is 0.212. The molecule has 7 aromatic rings. The maximum absolute atomic E-state index is 11.4. The molecule has 0 atom stereocenters. The number of imidazole rings is 1. The van der Waals surface area contributed by atoms with Gasteiger partial charge in [0, 0.05) is 30.6 Å². The number of aryl methyl sites for hydroxylation is 2. The molecule has 0 radical (unpaired) electrons. The summed E-state index contributed by atoms with van der Waals surface area (Å²) >= 11 is 0. The number of phenolic OH excluding ortho intramolecular Hbond substituents is 1. The predicted octanol–water partition coefficient (Wildman–Crippen LogP) is 10.0. The van der Waals surface area contributed by atoms with E-state index in [-0.39, 0.29) is 11.2 Å². The van der Waals surface area contributed by atoms with Gasteiger partial charge in [-0.2, -0.15) is 0 Å². The van der Waals surface area contributed by atoms with Gasteiger partial charge in [-0.1, -0.05) is 93.6 Å². The van der Waals surface area contributed by atoms with Gasteiger partial charge in [-0.3, -0.25) is 9.97 Å². The quantitative estimate of drug-likeness (QED) is 0.214. The third-order valence-electron chi connectivity index (χ3n) is 8.68. The maximum atomic E-state index is 11.4. The van der Waals surface area contributed by atoms with Crippen molar-refractivity contribution in [2.75, 3.05) is 0 Å². The van der Waals surface area contributed by atoms with Crippen molar-refractivity contribution in [1.29, 1.82) is 0 Å². The Hall–Kier alpha value is -5.55. The van der Waals surface area contributed by atoms with Crippen LogP contribution >= 0.6 is 0 Å². The summed E-state index contributed by atoms with van der Waals surface area (Å²) in [5.41, 5.74) is 12.3. The Morgan fingerprint density at radius 1 is 0.652 bits per heavy atom. The molecule has 5 nitrogen and oxygen atoms in total.